The van der Waals surface area contributed by atoms with Crippen LogP contribution in [-0.2, 0) is 4.74 Å². The highest BCUT2D eigenvalue weighted by Crippen LogP contribution is 2.22. The molecule has 7 nitrogen and oxygen atoms in total. The Labute approximate surface area is 121 Å². The van der Waals surface area contributed by atoms with Crippen LogP contribution in [-0.4, -0.2) is 27.1 Å². The van der Waals surface area contributed by atoms with Crippen molar-refractivity contribution >= 4 is 11.7 Å². The average Bonchev–Trinajstić information content (AvgIpc) is 2.73. The number of benzene rings is 1. The van der Waals surface area contributed by atoms with E-state index in [1.165, 1.54) is 12.1 Å². The molecule has 110 valence electrons. The Morgan fingerprint density at radius 3 is 2.76 bits per heavy atom. The van der Waals surface area contributed by atoms with Crippen LogP contribution in [0.2, 0.25) is 0 Å². The number of aryl methyl sites for hydroxylation is 2. The number of rotatable bonds is 4. The zero-order valence-corrected chi connectivity index (χ0v) is 12.0. The highest BCUT2D eigenvalue weighted by Gasteiger charge is 2.22. The van der Waals surface area contributed by atoms with Gasteiger partial charge in [-0.15, -0.1) is 0 Å². The predicted octanol–water partition coefficient (Wildman–Crippen LogP) is 2.57. The van der Waals surface area contributed by atoms with Crippen LogP contribution in [0.1, 0.15) is 28.9 Å². The highest BCUT2D eigenvalue weighted by atomic mass is 16.6. The molecule has 7 heteroatoms. The smallest absolute Gasteiger partial charge is 0.357 e. The minimum absolute atomic E-state index is 0.0481. The number of non-ortho nitro benzene ring substituents is 1. The summed E-state index contributed by atoms with van der Waals surface area (Å²) in [7, 11) is 0. The predicted molar refractivity (Wildman–Crippen MR) is 75.6 cm³/mol. The van der Waals surface area contributed by atoms with Crippen molar-refractivity contribution < 1.29 is 14.5 Å². The zero-order chi connectivity index (χ0) is 15.6. The van der Waals surface area contributed by atoms with E-state index in [0.29, 0.717) is 17.2 Å². The minimum atomic E-state index is -0.498. The molecule has 0 unspecified atom stereocenters. The number of carbonyl (C=O) groups is 1. The van der Waals surface area contributed by atoms with Crippen molar-refractivity contribution in [2.24, 2.45) is 0 Å². The van der Waals surface area contributed by atoms with Gasteiger partial charge in [0, 0.05) is 12.1 Å². The zero-order valence-electron chi connectivity index (χ0n) is 12.0. The molecule has 0 aliphatic rings. The van der Waals surface area contributed by atoms with E-state index in [9.17, 15) is 14.9 Å². The molecule has 1 aromatic carbocycles. The van der Waals surface area contributed by atoms with Gasteiger partial charge in [-0.2, -0.15) is 0 Å². The highest BCUT2D eigenvalue weighted by molar-refractivity contribution is 5.89. The molecule has 0 saturated carbocycles. The van der Waals surface area contributed by atoms with Crippen molar-refractivity contribution in [2.75, 3.05) is 6.61 Å². The Hall–Kier alpha value is -2.70. The lowest BCUT2D eigenvalue weighted by atomic mass is 10.2. The number of hydrogen-bond acceptors (Lipinski definition) is 5. The lowest BCUT2D eigenvalue weighted by Gasteiger charge is -2.10. The molecule has 0 spiro atoms. The molecule has 0 atom stereocenters. The van der Waals surface area contributed by atoms with Gasteiger partial charge < -0.3 is 4.74 Å². The normalized spacial score (nSPS) is 10.4. The Morgan fingerprint density at radius 1 is 1.43 bits per heavy atom. The van der Waals surface area contributed by atoms with Crippen molar-refractivity contribution in [3.05, 3.63) is 51.6 Å². The molecule has 1 aromatic heterocycles. The molecule has 0 amide bonds. The van der Waals surface area contributed by atoms with Gasteiger partial charge in [0.1, 0.15) is 5.82 Å². The minimum Gasteiger partial charge on any atom is -0.461 e. The molecule has 0 aliphatic heterocycles. The molecule has 0 aliphatic carbocycles. The molecule has 0 fully saturated rings. The summed E-state index contributed by atoms with van der Waals surface area (Å²) in [5.74, 6) is 0.0677. The molecule has 2 rings (SSSR count). The fourth-order valence-corrected chi connectivity index (χ4v) is 2.17. The first-order valence-electron chi connectivity index (χ1n) is 6.43. The number of nitrogens with zero attached hydrogens (tertiary/aromatic N) is 3. The van der Waals surface area contributed by atoms with E-state index in [2.05, 4.69) is 4.98 Å². The summed E-state index contributed by atoms with van der Waals surface area (Å²) in [5.41, 5.74) is 1.27. The molecular weight excluding hydrogens is 274 g/mol. The summed E-state index contributed by atoms with van der Waals surface area (Å²) < 4.78 is 6.60. The van der Waals surface area contributed by atoms with Gasteiger partial charge in [0.15, 0.2) is 5.69 Å². The summed E-state index contributed by atoms with van der Waals surface area (Å²) in [6.07, 6.45) is 0. The first-order valence-corrected chi connectivity index (χ1v) is 6.43. The van der Waals surface area contributed by atoms with Gasteiger partial charge in [0.25, 0.3) is 5.69 Å². The van der Waals surface area contributed by atoms with Gasteiger partial charge in [-0.05, 0) is 26.8 Å². The first-order chi connectivity index (χ1) is 9.95. The van der Waals surface area contributed by atoms with Crippen LogP contribution in [0, 0.1) is 24.0 Å². The van der Waals surface area contributed by atoms with Crippen molar-refractivity contribution in [2.45, 2.75) is 20.8 Å². The van der Waals surface area contributed by atoms with Crippen LogP contribution in [0.5, 0.6) is 0 Å². The molecule has 21 heavy (non-hydrogen) atoms. The monoisotopic (exact) mass is 289 g/mol. The van der Waals surface area contributed by atoms with Gasteiger partial charge in [-0.3, -0.25) is 14.7 Å². The molecule has 0 saturated heterocycles. The van der Waals surface area contributed by atoms with Gasteiger partial charge in [0.05, 0.1) is 22.9 Å². The van der Waals surface area contributed by atoms with Crippen LogP contribution < -0.4 is 0 Å². The van der Waals surface area contributed by atoms with E-state index in [-0.39, 0.29) is 18.0 Å². The third kappa shape index (κ3) is 2.76. The summed E-state index contributed by atoms with van der Waals surface area (Å²) in [5, 5.41) is 10.9. The standard InChI is InChI=1S/C14H15N3O4/c1-4-21-14(18)13-9(2)15-10(3)16(13)11-6-5-7-12(8-11)17(19)20/h5-8H,4H2,1-3H3. The van der Waals surface area contributed by atoms with Crippen LogP contribution >= 0.6 is 0 Å². The Bertz CT molecular complexity index is 706. The maximum Gasteiger partial charge on any atom is 0.357 e. The van der Waals surface area contributed by atoms with Gasteiger partial charge in [-0.25, -0.2) is 9.78 Å². The van der Waals surface area contributed by atoms with Crippen LogP contribution in [0.3, 0.4) is 0 Å². The van der Waals surface area contributed by atoms with E-state index in [1.54, 1.807) is 37.5 Å². The largest absolute Gasteiger partial charge is 0.461 e. The van der Waals surface area contributed by atoms with Crippen LogP contribution in [0.15, 0.2) is 24.3 Å². The summed E-state index contributed by atoms with van der Waals surface area (Å²) in [6, 6.07) is 6.05. The third-order valence-corrected chi connectivity index (χ3v) is 2.99. The molecule has 0 bridgehead atoms. The van der Waals surface area contributed by atoms with E-state index in [4.69, 9.17) is 4.74 Å². The Morgan fingerprint density at radius 2 is 2.14 bits per heavy atom. The average molecular weight is 289 g/mol. The number of hydrogen-bond donors (Lipinski definition) is 0. The number of carbonyl (C=O) groups excluding carboxylic acids is 1. The van der Waals surface area contributed by atoms with Gasteiger partial charge in [0.2, 0.25) is 0 Å². The van der Waals surface area contributed by atoms with Crippen molar-refractivity contribution in [3.8, 4) is 5.69 Å². The maximum atomic E-state index is 12.1. The fourth-order valence-electron chi connectivity index (χ4n) is 2.17. The fraction of sp³-hybridized carbons (Fsp3) is 0.286. The summed E-state index contributed by atoms with van der Waals surface area (Å²) >= 11 is 0. The van der Waals surface area contributed by atoms with E-state index >= 15 is 0 Å². The third-order valence-electron chi connectivity index (χ3n) is 2.99. The molecule has 0 N–H and O–H groups in total. The number of esters is 1. The second-order valence-corrected chi connectivity index (χ2v) is 4.43. The van der Waals surface area contributed by atoms with Gasteiger partial charge >= 0.3 is 5.97 Å². The van der Waals surface area contributed by atoms with E-state index < -0.39 is 10.9 Å². The summed E-state index contributed by atoms with van der Waals surface area (Å²) in [6.45, 7) is 5.40. The number of aromatic nitrogens is 2. The topological polar surface area (TPSA) is 87.3 Å². The maximum absolute atomic E-state index is 12.1. The lowest BCUT2D eigenvalue weighted by molar-refractivity contribution is -0.384. The van der Waals surface area contributed by atoms with Crippen LogP contribution in [0.25, 0.3) is 5.69 Å². The van der Waals surface area contributed by atoms with E-state index in [1.807, 2.05) is 0 Å². The van der Waals surface area contributed by atoms with Crippen molar-refractivity contribution in [1.29, 1.82) is 0 Å². The summed E-state index contributed by atoms with van der Waals surface area (Å²) in [4.78, 5) is 26.7. The SMILES string of the molecule is CCOC(=O)c1c(C)nc(C)n1-c1cccc([N+](=O)[O-])c1. The Balaban J connectivity index is 2.61. The van der Waals surface area contributed by atoms with Crippen molar-refractivity contribution in [3.63, 3.8) is 0 Å². The first kappa shape index (κ1) is 14.7. The van der Waals surface area contributed by atoms with Crippen molar-refractivity contribution in [1.82, 2.24) is 9.55 Å². The number of ether oxygens (including phenoxy) is 1. The quantitative estimate of drug-likeness (QED) is 0.490. The van der Waals surface area contributed by atoms with Gasteiger partial charge in [-0.1, -0.05) is 6.07 Å². The molecule has 0 radical (unpaired) electrons. The number of nitro benzene ring substituents is 1. The molecule has 1 heterocycles. The molecular formula is C14H15N3O4. The number of nitro groups is 1. The van der Waals surface area contributed by atoms with Crippen LogP contribution in [0.4, 0.5) is 5.69 Å². The van der Waals surface area contributed by atoms with E-state index in [0.717, 1.165) is 0 Å². The second kappa shape index (κ2) is 5.74. The Kier molecular flexibility index (Phi) is 4.02. The molecule has 2 aromatic rings. The lowest BCUT2D eigenvalue weighted by Crippen LogP contribution is -2.13. The number of imidazole rings is 1. The second-order valence-electron chi connectivity index (χ2n) is 4.43.